The first kappa shape index (κ1) is 14.9. The second-order valence-corrected chi connectivity index (χ2v) is 5.64. The van der Waals surface area contributed by atoms with Crippen LogP contribution in [0.25, 0.3) is 0 Å². The van der Waals surface area contributed by atoms with Crippen LogP contribution < -0.4 is 4.74 Å². The Labute approximate surface area is 113 Å². The van der Waals surface area contributed by atoms with Gasteiger partial charge in [-0.3, -0.25) is 4.79 Å². The summed E-state index contributed by atoms with van der Waals surface area (Å²) in [4.78, 5) is 11.0. The standard InChI is InChI=1S/C14H20O3S/c1-11(2)13(14(15)16)18-10-6-9-17-12-7-4-3-5-8-12/h3-5,7-8,11,13H,6,9-10H2,1-2H3,(H,15,16). The first-order valence-corrected chi connectivity index (χ1v) is 7.18. The van der Waals surface area contributed by atoms with E-state index in [0.29, 0.717) is 6.61 Å². The van der Waals surface area contributed by atoms with Gasteiger partial charge in [0.25, 0.3) is 0 Å². The average molecular weight is 268 g/mol. The summed E-state index contributed by atoms with van der Waals surface area (Å²) in [5.74, 6) is 1.10. The van der Waals surface area contributed by atoms with Crippen LogP contribution in [0.2, 0.25) is 0 Å². The van der Waals surface area contributed by atoms with E-state index in [2.05, 4.69) is 0 Å². The molecule has 0 amide bonds. The normalized spacial score (nSPS) is 12.4. The van der Waals surface area contributed by atoms with E-state index in [1.54, 1.807) is 0 Å². The highest BCUT2D eigenvalue weighted by atomic mass is 32.2. The zero-order chi connectivity index (χ0) is 13.4. The Balaban J connectivity index is 2.17. The van der Waals surface area contributed by atoms with Crippen molar-refractivity contribution in [3.05, 3.63) is 30.3 Å². The van der Waals surface area contributed by atoms with Gasteiger partial charge in [0.05, 0.1) is 6.61 Å². The summed E-state index contributed by atoms with van der Waals surface area (Å²) in [7, 11) is 0. The molecule has 0 bridgehead atoms. The molecule has 1 aromatic rings. The molecule has 0 aliphatic rings. The minimum atomic E-state index is -0.723. The predicted octanol–water partition coefficient (Wildman–Crippen LogP) is 3.30. The fourth-order valence-corrected chi connectivity index (χ4v) is 2.59. The third kappa shape index (κ3) is 5.45. The number of benzene rings is 1. The van der Waals surface area contributed by atoms with Gasteiger partial charge in [0.2, 0.25) is 0 Å². The van der Waals surface area contributed by atoms with Gasteiger partial charge in [0, 0.05) is 0 Å². The number of rotatable bonds is 8. The highest BCUT2D eigenvalue weighted by Crippen LogP contribution is 2.20. The fraction of sp³-hybridized carbons (Fsp3) is 0.500. The van der Waals surface area contributed by atoms with Crippen molar-refractivity contribution in [3.8, 4) is 5.75 Å². The Morgan fingerprint density at radius 1 is 1.33 bits per heavy atom. The molecule has 18 heavy (non-hydrogen) atoms. The molecular weight excluding hydrogens is 248 g/mol. The topological polar surface area (TPSA) is 46.5 Å². The fourth-order valence-electron chi connectivity index (χ4n) is 1.52. The molecule has 1 N–H and O–H groups in total. The van der Waals surface area contributed by atoms with Crippen LogP contribution in [0, 0.1) is 5.92 Å². The molecule has 4 heteroatoms. The van der Waals surface area contributed by atoms with Crippen LogP contribution in [0.15, 0.2) is 30.3 Å². The quantitative estimate of drug-likeness (QED) is 0.735. The molecule has 0 radical (unpaired) electrons. The van der Waals surface area contributed by atoms with Crippen LogP contribution in [-0.4, -0.2) is 28.7 Å². The lowest BCUT2D eigenvalue weighted by Crippen LogP contribution is -2.23. The summed E-state index contributed by atoms with van der Waals surface area (Å²) in [6.45, 7) is 4.50. The molecule has 0 aromatic heterocycles. The lowest BCUT2D eigenvalue weighted by Gasteiger charge is -2.15. The molecule has 0 aliphatic heterocycles. The van der Waals surface area contributed by atoms with Crippen LogP contribution in [0.4, 0.5) is 0 Å². The number of carboxylic acids is 1. The lowest BCUT2D eigenvalue weighted by molar-refractivity contribution is -0.137. The molecular formula is C14H20O3S. The van der Waals surface area contributed by atoms with E-state index < -0.39 is 5.97 Å². The third-order valence-corrected chi connectivity index (χ3v) is 4.08. The van der Waals surface area contributed by atoms with Gasteiger partial charge in [-0.2, -0.15) is 0 Å². The molecule has 0 saturated carbocycles. The number of aliphatic carboxylic acids is 1. The minimum absolute atomic E-state index is 0.155. The molecule has 1 aromatic carbocycles. The van der Waals surface area contributed by atoms with Crippen LogP contribution in [0.3, 0.4) is 0 Å². The van der Waals surface area contributed by atoms with Gasteiger partial charge in [-0.15, -0.1) is 11.8 Å². The van der Waals surface area contributed by atoms with E-state index in [1.165, 1.54) is 11.8 Å². The van der Waals surface area contributed by atoms with E-state index in [4.69, 9.17) is 9.84 Å². The van der Waals surface area contributed by atoms with Crippen molar-refractivity contribution < 1.29 is 14.6 Å². The Kier molecular flexibility index (Phi) is 6.65. The summed E-state index contributed by atoms with van der Waals surface area (Å²) >= 11 is 1.49. The molecule has 0 fully saturated rings. The third-order valence-electron chi connectivity index (χ3n) is 2.45. The van der Waals surface area contributed by atoms with E-state index in [1.807, 2.05) is 44.2 Å². The van der Waals surface area contributed by atoms with Crippen molar-refractivity contribution in [1.29, 1.82) is 0 Å². The summed E-state index contributed by atoms with van der Waals surface area (Å²) < 4.78 is 5.55. The van der Waals surface area contributed by atoms with Crippen molar-refractivity contribution >= 4 is 17.7 Å². The lowest BCUT2D eigenvalue weighted by atomic mass is 10.1. The second-order valence-electron chi connectivity index (χ2n) is 4.39. The van der Waals surface area contributed by atoms with Crippen molar-refractivity contribution in [2.24, 2.45) is 5.92 Å². The van der Waals surface area contributed by atoms with Crippen LogP contribution >= 0.6 is 11.8 Å². The smallest absolute Gasteiger partial charge is 0.316 e. The summed E-state index contributed by atoms with van der Waals surface area (Å²) in [6.07, 6.45) is 0.857. The first-order valence-electron chi connectivity index (χ1n) is 6.13. The van der Waals surface area contributed by atoms with Gasteiger partial charge in [0.1, 0.15) is 11.0 Å². The van der Waals surface area contributed by atoms with Crippen molar-refractivity contribution in [2.45, 2.75) is 25.5 Å². The molecule has 100 valence electrons. The predicted molar refractivity (Wildman–Crippen MR) is 75.3 cm³/mol. The Hall–Kier alpha value is -1.16. The molecule has 0 heterocycles. The van der Waals surface area contributed by atoms with Gasteiger partial charge in [0.15, 0.2) is 0 Å². The zero-order valence-corrected chi connectivity index (χ0v) is 11.7. The molecule has 0 saturated heterocycles. The van der Waals surface area contributed by atoms with Crippen molar-refractivity contribution in [3.63, 3.8) is 0 Å². The van der Waals surface area contributed by atoms with Crippen LogP contribution in [-0.2, 0) is 4.79 Å². The molecule has 0 aliphatic carbocycles. The van der Waals surface area contributed by atoms with E-state index in [-0.39, 0.29) is 11.2 Å². The van der Waals surface area contributed by atoms with E-state index >= 15 is 0 Å². The van der Waals surface area contributed by atoms with Crippen LogP contribution in [0.1, 0.15) is 20.3 Å². The van der Waals surface area contributed by atoms with Crippen molar-refractivity contribution in [2.75, 3.05) is 12.4 Å². The maximum Gasteiger partial charge on any atom is 0.316 e. The first-order chi connectivity index (χ1) is 8.61. The molecule has 1 atom stereocenters. The SMILES string of the molecule is CC(C)C(SCCCOc1ccccc1)C(=O)O. The second kappa shape index (κ2) is 8.03. The molecule has 3 nitrogen and oxygen atoms in total. The number of ether oxygens (including phenoxy) is 1. The largest absolute Gasteiger partial charge is 0.494 e. The Bertz CT molecular complexity index is 351. The Morgan fingerprint density at radius 3 is 2.56 bits per heavy atom. The van der Waals surface area contributed by atoms with Gasteiger partial charge in [-0.25, -0.2) is 0 Å². The summed E-state index contributed by atoms with van der Waals surface area (Å²) in [5, 5.41) is 8.71. The van der Waals surface area contributed by atoms with Gasteiger partial charge < -0.3 is 9.84 Å². The average Bonchev–Trinajstić information content (AvgIpc) is 2.34. The maximum absolute atomic E-state index is 11.0. The van der Waals surface area contributed by atoms with Gasteiger partial charge in [-0.1, -0.05) is 32.0 Å². The van der Waals surface area contributed by atoms with E-state index in [9.17, 15) is 4.79 Å². The molecule has 1 unspecified atom stereocenters. The molecule has 1 rings (SSSR count). The number of carboxylic acid groups (broad SMARTS) is 1. The number of hydrogen-bond acceptors (Lipinski definition) is 3. The minimum Gasteiger partial charge on any atom is -0.494 e. The number of hydrogen-bond donors (Lipinski definition) is 1. The van der Waals surface area contributed by atoms with Gasteiger partial charge >= 0.3 is 5.97 Å². The van der Waals surface area contributed by atoms with E-state index in [0.717, 1.165) is 17.9 Å². The molecule has 0 spiro atoms. The van der Waals surface area contributed by atoms with Crippen molar-refractivity contribution in [1.82, 2.24) is 0 Å². The van der Waals surface area contributed by atoms with Gasteiger partial charge in [-0.05, 0) is 30.2 Å². The summed E-state index contributed by atoms with van der Waals surface area (Å²) in [5.41, 5.74) is 0. The number of para-hydroxylation sites is 1. The summed E-state index contributed by atoms with van der Waals surface area (Å²) in [6, 6.07) is 9.65. The zero-order valence-electron chi connectivity index (χ0n) is 10.8. The maximum atomic E-state index is 11.0. The Morgan fingerprint density at radius 2 is 2.00 bits per heavy atom. The van der Waals surface area contributed by atoms with Crippen LogP contribution in [0.5, 0.6) is 5.75 Å². The number of carbonyl (C=O) groups is 1. The monoisotopic (exact) mass is 268 g/mol. The highest BCUT2D eigenvalue weighted by Gasteiger charge is 2.21. The highest BCUT2D eigenvalue weighted by molar-refractivity contribution is 8.00. The number of thioether (sulfide) groups is 1.